The first-order valence-electron chi connectivity index (χ1n) is 17.6. The maximum atomic E-state index is 12.5. The summed E-state index contributed by atoms with van der Waals surface area (Å²) in [5.41, 5.74) is 12.6. The molecule has 0 aliphatic heterocycles. The van der Waals surface area contributed by atoms with Gasteiger partial charge in [0, 0.05) is 41.6 Å². The molecule has 0 bridgehead atoms. The summed E-state index contributed by atoms with van der Waals surface area (Å²) in [6, 6.07) is 54.4. The van der Waals surface area contributed by atoms with Crippen LogP contribution in [0.2, 0.25) is 0 Å². The van der Waals surface area contributed by atoms with Crippen molar-refractivity contribution < 1.29 is 4.42 Å². The SMILES string of the molecule is Cn1c(=O)n(C)c2cc(-c3ccc(-c4cc(-c5ccc(-c6ccc7oc8ccc9ccccc9c8c7c6)cc5)nc(-c5ccccc5)n4)cc3)ccc21. The van der Waals surface area contributed by atoms with E-state index >= 15 is 0 Å². The highest BCUT2D eigenvalue weighted by Crippen LogP contribution is 2.37. The Bertz CT molecular complexity index is 3080. The second-order valence-electron chi connectivity index (χ2n) is 13.6. The highest BCUT2D eigenvalue weighted by molar-refractivity contribution is 6.19. The third-order valence-corrected chi connectivity index (χ3v) is 10.4. The van der Waals surface area contributed by atoms with Crippen molar-refractivity contribution in [1.82, 2.24) is 19.1 Å². The van der Waals surface area contributed by atoms with E-state index in [4.69, 9.17) is 14.4 Å². The molecule has 53 heavy (non-hydrogen) atoms. The second-order valence-corrected chi connectivity index (χ2v) is 13.6. The van der Waals surface area contributed by atoms with E-state index in [9.17, 15) is 4.79 Å². The van der Waals surface area contributed by atoms with Crippen molar-refractivity contribution in [2.45, 2.75) is 0 Å². The van der Waals surface area contributed by atoms with Gasteiger partial charge in [-0.25, -0.2) is 14.8 Å². The normalized spacial score (nSPS) is 11.7. The minimum atomic E-state index is -0.0331. The fraction of sp³-hybridized carbons (Fsp3) is 0.0426. The summed E-state index contributed by atoms with van der Waals surface area (Å²) in [6.07, 6.45) is 0. The summed E-state index contributed by atoms with van der Waals surface area (Å²) in [7, 11) is 3.61. The van der Waals surface area contributed by atoms with Crippen molar-refractivity contribution in [3.63, 3.8) is 0 Å². The van der Waals surface area contributed by atoms with E-state index in [0.29, 0.717) is 5.82 Å². The molecule has 0 aliphatic carbocycles. The number of furan rings is 1. The zero-order chi connectivity index (χ0) is 35.6. The largest absolute Gasteiger partial charge is 0.456 e. The summed E-state index contributed by atoms with van der Waals surface area (Å²) < 4.78 is 9.62. The summed E-state index contributed by atoms with van der Waals surface area (Å²) in [6.45, 7) is 0. The van der Waals surface area contributed by atoms with Crippen LogP contribution in [0.1, 0.15) is 0 Å². The molecule has 6 nitrogen and oxygen atoms in total. The average molecular weight is 685 g/mol. The van der Waals surface area contributed by atoms with E-state index in [0.717, 1.165) is 83.3 Å². The number of rotatable bonds is 5. The molecule has 0 spiro atoms. The van der Waals surface area contributed by atoms with E-state index in [-0.39, 0.29) is 5.69 Å². The molecule has 10 aromatic rings. The molecule has 252 valence electrons. The lowest BCUT2D eigenvalue weighted by Crippen LogP contribution is -2.19. The number of imidazole rings is 1. The Morgan fingerprint density at radius 3 is 1.74 bits per heavy atom. The minimum absolute atomic E-state index is 0.0331. The van der Waals surface area contributed by atoms with Gasteiger partial charge in [0.1, 0.15) is 11.2 Å². The minimum Gasteiger partial charge on any atom is -0.456 e. The number of hydrogen-bond acceptors (Lipinski definition) is 4. The van der Waals surface area contributed by atoms with Crippen molar-refractivity contribution in [2.75, 3.05) is 0 Å². The Hall–Kier alpha value is -7.05. The zero-order valence-corrected chi connectivity index (χ0v) is 29.1. The molecule has 7 aromatic carbocycles. The molecular weight excluding hydrogens is 653 g/mol. The molecule has 0 aliphatic rings. The van der Waals surface area contributed by atoms with Crippen LogP contribution in [-0.4, -0.2) is 19.1 Å². The van der Waals surface area contributed by atoms with Crippen molar-refractivity contribution >= 4 is 43.7 Å². The summed E-state index contributed by atoms with van der Waals surface area (Å²) in [5, 5.41) is 4.66. The number of aromatic nitrogens is 4. The maximum absolute atomic E-state index is 12.5. The number of benzene rings is 7. The number of fused-ring (bicyclic) bond motifs is 6. The third-order valence-electron chi connectivity index (χ3n) is 10.4. The molecule has 0 N–H and O–H groups in total. The Morgan fingerprint density at radius 2 is 1.02 bits per heavy atom. The van der Waals surface area contributed by atoms with Gasteiger partial charge < -0.3 is 4.42 Å². The molecule has 0 saturated carbocycles. The molecular formula is C47H32N4O2. The standard InChI is InChI=1S/C47H32N4O2/c1-50-41-23-20-36(27-42(41)51(2)47(50)52)30-14-18-33(19-15-30)40-28-39(48-46(49-40)34-9-4-3-5-10-34)32-16-12-29(13-17-32)35-22-24-43-38(26-35)45-37-11-7-6-8-31(37)21-25-44(45)53-43/h3-28H,1-2H3. The predicted octanol–water partition coefficient (Wildman–Crippen LogP) is 11.1. The summed E-state index contributed by atoms with van der Waals surface area (Å²) >= 11 is 0. The van der Waals surface area contributed by atoms with Gasteiger partial charge in [0.2, 0.25) is 0 Å². The highest BCUT2D eigenvalue weighted by atomic mass is 16.3. The Morgan fingerprint density at radius 1 is 0.453 bits per heavy atom. The van der Waals surface area contributed by atoms with E-state index in [1.807, 2.05) is 43.4 Å². The van der Waals surface area contributed by atoms with Crippen LogP contribution in [0.5, 0.6) is 0 Å². The van der Waals surface area contributed by atoms with Crippen molar-refractivity contribution in [1.29, 1.82) is 0 Å². The third kappa shape index (κ3) is 5.15. The summed E-state index contributed by atoms with van der Waals surface area (Å²) in [4.78, 5) is 22.6. The Labute approximate surface area is 304 Å². The van der Waals surface area contributed by atoms with Crippen molar-refractivity contribution in [3.8, 4) is 56.2 Å². The van der Waals surface area contributed by atoms with Gasteiger partial charge in [-0.2, -0.15) is 0 Å². The number of nitrogens with zero attached hydrogens (tertiary/aromatic N) is 4. The lowest BCUT2D eigenvalue weighted by atomic mass is 9.98. The first kappa shape index (κ1) is 30.7. The monoisotopic (exact) mass is 684 g/mol. The molecule has 0 unspecified atom stereocenters. The van der Waals surface area contributed by atoms with Crippen molar-refractivity contribution in [2.24, 2.45) is 14.1 Å². The van der Waals surface area contributed by atoms with Gasteiger partial charge in [-0.1, -0.05) is 121 Å². The fourth-order valence-electron chi connectivity index (χ4n) is 7.54. The van der Waals surface area contributed by atoms with Gasteiger partial charge >= 0.3 is 5.69 Å². The Balaban J connectivity index is 1.02. The number of aryl methyl sites for hydroxylation is 2. The van der Waals surface area contributed by atoms with Crippen LogP contribution < -0.4 is 5.69 Å². The second kappa shape index (κ2) is 12.0. The predicted molar refractivity (Wildman–Crippen MR) is 216 cm³/mol. The molecule has 0 atom stereocenters. The molecule has 0 radical (unpaired) electrons. The van der Waals surface area contributed by atoms with E-state index < -0.39 is 0 Å². The van der Waals surface area contributed by atoms with E-state index in [1.165, 1.54) is 10.8 Å². The molecule has 10 rings (SSSR count). The molecule has 3 aromatic heterocycles. The summed E-state index contributed by atoms with van der Waals surface area (Å²) in [5.74, 6) is 0.672. The zero-order valence-electron chi connectivity index (χ0n) is 29.1. The first-order chi connectivity index (χ1) is 26.0. The van der Waals surface area contributed by atoms with Gasteiger partial charge in [0.15, 0.2) is 5.82 Å². The fourth-order valence-corrected chi connectivity index (χ4v) is 7.54. The van der Waals surface area contributed by atoms with Crippen LogP contribution in [-0.2, 0) is 14.1 Å². The molecule has 0 amide bonds. The number of hydrogen-bond donors (Lipinski definition) is 0. The first-order valence-corrected chi connectivity index (χ1v) is 17.6. The van der Waals surface area contributed by atoms with Crippen LogP contribution in [0.15, 0.2) is 167 Å². The topological polar surface area (TPSA) is 65.8 Å². The lowest BCUT2D eigenvalue weighted by Gasteiger charge is -2.11. The van der Waals surface area contributed by atoms with Crippen LogP contribution in [0.4, 0.5) is 0 Å². The molecule has 0 fully saturated rings. The van der Waals surface area contributed by atoms with Crippen LogP contribution in [0.3, 0.4) is 0 Å². The van der Waals surface area contributed by atoms with Gasteiger partial charge in [0.05, 0.1) is 22.4 Å². The molecule has 3 heterocycles. The van der Waals surface area contributed by atoms with Gasteiger partial charge in [-0.15, -0.1) is 0 Å². The molecule has 6 heteroatoms. The van der Waals surface area contributed by atoms with Crippen LogP contribution in [0.25, 0.3) is 99.9 Å². The van der Waals surface area contributed by atoms with Gasteiger partial charge in [-0.3, -0.25) is 9.13 Å². The smallest absolute Gasteiger partial charge is 0.328 e. The lowest BCUT2D eigenvalue weighted by molar-refractivity contribution is 0.669. The van der Waals surface area contributed by atoms with Crippen molar-refractivity contribution in [3.05, 3.63) is 168 Å². The maximum Gasteiger partial charge on any atom is 0.328 e. The van der Waals surface area contributed by atoms with Gasteiger partial charge in [-0.05, 0) is 69.4 Å². The van der Waals surface area contributed by atoms with Crippen LogP contribution in [0, 0.1) is 0 Å². The van der Waals surface area contributed by atoms with E-state index in [2.05, 4.69) is 121 Å². The quantitative estimate of drug-likeness (QED) is 0.181. The Kier molecular flexibility index (Phi) is 6.98. The molecule has 0 saturated heterocycles. The average Bonchev–Trinajstić information content (AvgIpc) is 3.71. The highest BCUT2D eigenvalue weighted by Gasteiger charge is 2.15. The van der Waals surface area contributed by atoms with E-state index in [1.54, 1.807) is 16.2 Å². The van der Waals surface area contributed by atoms with Gasteiger partial charge in [0.25, 0.3) is 0 Å². The van der Waals surface area contributed by atoms with Crippen LogP contribution >= 0.6 is 0 Å².